The summed E-state index contributed by atoms with van der Waals surface area (Å²) in [6.07, 6.45) is 0.800. The van der Waals surface area contributed by atoms with E-state index >= 15 is 0 Å². The largest absolute Gasteiger partial charge is 0.298 e. The van der Waals surface area contributed by atoms with Gasteiger partial charge in [-0.05, 0) is 39.7 Å². The second kappa shape index (κ2) is 7.58. The molecule has 1 unspecified atom stereocenters. The van der Waals surface area contributed by atoms with Crippen LogP contribution in [0.15, 0.2) is 30.3 Å². The highest BCUT2D eigenvalue weighted by Gasteiger charge is 2.31. The van der Waals surface area contributed by atoms with Crippen LogP contribution in [0.2, 0.25) is 0 Å². The van der Waals surface area contributed by atoms with Crippen LogP contribution in [0.25, 0.3) is 0 Å². The summed E-state index contributed by atoms with van der Waals surface area (Å²) in [4.78, 5) is 15.0. The maximum Gasteiger partial charge on any atom is 0.152 e. The van der Waals surface area contributed by atoms with E-state index in [1.54, 1.807) is 0 Å². The van der Waals surface area contributed by atoms with Crippen molar-refractivity contribution in [3.05, 3.63) is 35.9 Å². The number of ketones is 1. The monoisotopic (exact) mass is 275 g/mol. The smallest absolute Gasteiger partial charge is 0.152 e. The van der Waals surface area contributed by atoms with Crippen molar-refractivity contribution in [1.29, 1.82) is 0 Å². The van der Waals surface area contributed by atoms with Crippen LogP contribution in [0.3, 0.4) is 0 Å². The van der Waals surface area contributed by atoms with Gasteiger partial charge in [0, 0.05) is 18.0 Å². The summed E-state index contributed by atoms with van der Waals surface area (Å²) < 4.78 is 0. The minimum atomic E-state index is -0.0302. The second-order valence-electron chi connectivity index (χ2n) is 6.40. The van der Waals surface area contributed by atoms with Crippen molar-refractivity contribution in [2.45, 2.75) is 66.1 Å². The van der Waals surface area contributed by atoms with Crippen molar-refractivity contribution >= 4 is 5.78 Å². The van der Waals surface area contributed by atoms with E-state index in [1.807, 2.05) is 32.0 Å². The Hall–Kier alpha value is -1.15. The molecule has 0 saturated carbocycles. The highest BCUT2D eigenvalue weighted by molar-refractivity contribution is 5.86. The second-order valence-corrected chi connectivity index (χ2v) is 6.40. The van der Waals surface area contributed by atoms with E-state index in [1.165, 1.54) is 5.56 Å². The van der Waals surface area contributed by atoms with Crippen molar-refractivity contribution < 1.29 is 4.79 Å². The molecule has 2 nitrogen and oxygen atoms in total. The maximum absolute atomic E-state index is 12.7. The van der Waals surface area contributed by atoms with Crippen molar-refractivity contribution in [2.75, 3.05) is 0 Å². The zero-order valence-corrected chi connectivity index (χ0v) is 13.8. The van der Waals surface area contributed by atoms with Crippen LogP contribution in [-0.2, 0) is 11.2 Å². The van der Waals surface area contributed by atoms with Crippen molar-refractivity contribution in [2.24, 2.45) is 5.92 Å². The first-order valence-electron chi connectivity index (χ1n) is 7.69. The van der Waals surface area contributed by atoms with E-state index in [9.17, 15) is 4.79 Å². The topological polar surface area (TPSA) is 20.3 Å². The highest BCUT2D eigenvalue weighted by Crippen LogP contribution is 2.19. The van der Waals surface area contributed by atoms with Crippen LogP contribution in [-0.4, -0.2) is 28.8 Å². The van der Waals surface area contributed by atoms with Gasteiger partial charge in [0.1, 0.15) is 0 Å². The molecule has 2 heteroatoms. The number of nitrogens with zero attached hydrogens (tertiary/aromatic N) is 1. The van der Waals surface area contributed by atoms with Gasteiger partial charge in [0.2, 0.25) is 0 Å². The van der Waals surface area contributed by atoms with E-state index < -0.39 is 0 Å². The Balaban J connectivity index is 3.04. The standard InChI is InChI=1S/C18H29NO/c1-13(2)18(20)17(19(14(3)4)15(5)6)12-16-10-8-7-9-11-16/h7-11,13-15,17H,12H2,1-6H3. The van der Waals surface area contributed by atoms with Gasteiger partial charge in [-0.15, -0.1) is 0 Å². The fraction of sp³-hybridized carbons (Fsp3) is 0.611. The molecule has 0 saturated heterocycles. The van der Waals surface area contributed by atoms with Gasteiger partial charge in [0.15, 0.2) is 5.78 Å². The van der Waals surface area contributed by atoms with Crippen LogP contribution in [0, 0.1) is 5.92 Å². The summed E-state index contributed by atoms with van der Waals surface area (Å²) in [5, 5.41) is 0. The minimum absolute atomic E-state index is 0.0302. The van der Waals surface area contributed by atoms with E-state index in [0.717, 1.165) is 6.42 Å². The third kappa shape index (κ3) is 4.45. The Bertz CT molecular complexity index is 401. The van der Waals surface area contributed by atoms with Crippen LogP contribution in [0.5, 0.6) is 0 Å². The Kier molecular flexibility index (Phi) is 6.41. The number of carbonyl (C=O) groups is 1. The molecule has 1 aromatic carbocycles. The molecule has 112 valence electrons. The molecule has 0 aliphatic carbocycles. The molecule has 1 aromatic rings. The molecule has 0 radical (unpaired) electrons. The molecule has 0 aliphatic heterocycles. The summed E-state index contributed by atoms with van der Waals surface area (Å²) in [6.45, 7) is 12.7. The van der Waals surface area contributed by atoms with Crippen molar-refractivity contribution in [3.63, 3.8) is 0 Å². The van der Waals surface area contributed by atoms with Gasteiger partial charge in [-0.25, -0.2) is 0 Å². The first kappa shape index (κ1) is 16.9. The number of carbonyl (C=O) groups excluding carboxylic acids is 1. The van der Waals surface area contributed by atoms with Gasteiger partial charge in [-0.2, -0.15) is 0 Å². The maximum atomic E-state index is 12.7. The first-order valence-corrected chi connectivity index (χ1v) is 7.69. The van der Waals surface area contributed by atoms with Crippen LogP contribution >= 0.6 is 0 Å². The Labute approximate surface area is 124 Å². The van der Waals surface area contributed by atoms with Gasteiger partial charge in [0.25, 0.3) is 0 Å². The fourth-order valence-electron chi connectivity index (χ4n) is 2.89. The Morgan fingerprint density at radius 3 is 1.85 bits per heavy atom. The van der Waals surface area contributed by atoms with E-state index in [-0.39, 0.29) is 12.0 Å². The van der Waals surface area contributed by atoms with E-state index in [2.05, 4.69) is 44.7 Å². The first-order chi connectivity index (χ1) is 9.34. The molecule has 0 aromatic heterocycles. The fourth-order valence-corrected chi connectivity index (χ4v) is 2.89. The third-order valence-electron chi connectivity index (χ3n) is 3.72. The lowest BCUT2D eigenvalue weighted by molar-refractivity contribution is -0.129. The molecule has 0 fully saturated rings. The van der Waals surface area contributed by atoms with Gasteiger partial charge in [-0.1, -0.05) is 44.2 Å². The van der Waals surface area contributed by atoms with Gasteiger partial charge < -0.3 is 0 Å². The molecule has 0 heterocycles. The predicted octanol–water partition coefficient (Wildman–Crippen LogP) is 3.94. The lowest BCUT2D eigenvalue weighted by Gasteiger charge is -2.38. The summed E-state index contributed by atoms with van der Waals surface area (Å²) in [7, 11) is 0. The molecule has 1 rings (SSSR count). The number of Topliss-reactive ketones (excluding diaryl/α,β-unsaturated/α-hetero) is 1. The van der Waals surface area contributed by atoms with Gasteiger partial charge in [0.05, 0.1) is 6.04 Å². The Morgan fingerprint density at radius 1 is 0.950 bits per heavy atom. The zero-order valence-electron chi connectivity index (χ0n) is 13.8. The SMILES string of the molecule is CC(C)C(=O)C(Cc1ccccc1)N(C(C)C)C(C)C. The van der Waals surface area contributed by atoms with Crippen LogP contribution in [0.4, 0.5) is 0 Å². The predicted molar refractivity (Wildman–Crippen MR) is 85.9 cm³/mol. The quantitative estimate of drug-likeness (QED) is 0.751. The molecule has 0 amide bonds. The van der Waals surface area contributed by atoms with E-state index in [4.69, 9.17) is 0 Å². The molecule has 0 N–H and O–H groups in total. The molecule has 0 aliphatic rings. The van der Waals surface area contributed by atoms with Crippen LogP contribution < -0.4 is 0 Å². The van der Waals surface area contributed by atoms with E-state index in [0.29, 0.717) is 17.9 Å². The summed E-state index contributed by atoms with van der Waals surface area (Å²) in [6, 6.07) is 11.0. The Morgan fingerprint density at radius 2 is 1.45 bits per heavy atom. The summed E-state index contributed by atoms with van der Waals surface area (Å²) >= 11 is 0. The summed E-state index contributed by atoms with van der Waals surface area (Å²) in [5.41, 5.74) is 1.23. The molecule has 1 atom stereocenters. The lowest BCUT2D eigenvalue weighted by atomic mass is 9.92. The highest BCUT2D eigenvalue weighted by atomic mass is 16.1. The molecule has 0 spiro atoms. The van der Waals surface area contributed by atoms with Crippen molar-refractivity contribution in [1.82, 2.24) is 4.90 Å². The van der Waals surface area contributed by atoms with Gasteiger partial charge in [-0.3, -0.25) is 9.69 Å². The van der Waals surface area contributed by atoms with Crippen LogP contribution in [0.1, 0.15) is 47.1 Å². The van der Waals surface area contributed by atoms with Crippen molar-refractivity contribution in [3.8, 4) is 0 Å². The molecule has 0 bridgehead atoms. The minimum Gasteiger partial charge on any atom is -0.298 e. The third-order valence-corrected chi connectivity index (χ3v) is 3.72. The molecule has 20 heavy (non-hydrogen) atoms. The lowest BCUT2D eigenvalue weighted by Crippen LogP contribution is -2.51. The number of hydrogen-bond donors (Lipinski definition) is 0. The molecular formula is C18H29NO. The average molecular weight is 275 g/mol. The average Bonchev–Trinajstić information content (AvgIpc) is 2.37. The zero-order chi connectivity index (χ0) is 15.3. The number of benzene rings is 1. The molecular weight excluding hydrogens is 246 g/mol. The summed E-state index contributed by atoms with van der Waals surface area (Å²) in [5.74, 6) is 0.417. The van der Waals surface area contributed by atoms with Gasteiger partial charge >= 0.3 is 0 Å². The number of rotatable bonds is 7. The normalized spacial score (nSPS) is 13.5. The number of hydrogen-bond acceptors (Lipinski definition) is 2.